The zero-order chi connectivity index (χ0) is 25.5. The Morgan fingerprint density at radius 3 is 2.26 bits per heavy atom. The van der Waals surface area contributed by atoms with E-state index in [1.165, 1.54) is 17.0 Å². The molecule has 0 aliphatic heterocycles. The molecule has 2 aromatic rings. The summed E-state index contributed by atoms with van der Waals surface area (Å²) in [6, 6.07) is 10.9. The third kappa shape index (κ3) is 8.93. The Hall–Kier alpha value is -3.27. The number of aliphatic hydroxyl groups is 1. The summed E-state index contributed by atoms with van der Waals surface area (Å²) < 4.78 is 49.6. The van der Waals surface area contributed by atoms with Crippen LogP contribution in [0.5, 0.6) is 5.75 Å². The number of carboxylic acid groups (broad SMARTS) is 1. The molecule has 1 unspecified atom stereocenters. The maximum absolute atomic E-state index is 13.0. The Bertz CT molecular complexity index is 970. The molecule has 7 nitrogen and oxygen atoms in total. The SMILES string of the molecule is CC(C)(C)OC(=O)N(CCc1ccc(OCC(=O)O)cc1)CC(O)c1cccc(C(F)(F)F)c1. The second kappa shape index (κ2) is 11.2. The number of nitrogens with zero attached hydrogens (tertiary/aromatic N) is 1. The Kier molecular flexibility index (Phi) is 8.92. The van der Waals surface area contributed by atoms with Gasteiger partial charge in [-0.1, -0.05) is 24.3 Å². The number of amides is 1. The van der Waals surface area contributed by atoms with Crippen LogP contribution in [0.2, 0.25) is 0 Å². The quantitative estimate of drug-likeness (QED) is 0.538. The molecule has 0 fully saturated rings. The molecule has 0 aliphatic rings. The minimum absolute atomic E-state index is 0.0308. The number of rotatable bonds is 9. The van der Waals surface area contributed by atoms with E-state index in [1.54, 1.807) is 45.0 Å². The van der Waals surface area contributed by atoms with E-state index in [0.717, 1.165) is 17.7 Å². The van der Waals surface area contributed by atoms with E-state index in [2.05, 4.69) is 0 Å². The lowest BCUT2D eigenvalue weighted by Gasteiger charge is -2.29. The number of aliphatic carboxylic acids is 1. The van der Waals surface area contributed by atoms with Crippen LogP contribution in [0.15, 0.2) is 48.5 Å². The Labute approximate surface area is 195 Å². The molecule has 10 heteroatoms. The summed E-state index contributed by atoms with van der Waals surface area (Å²) in [7, 11) is 0. The van der Waals surface area contributed by atoms with Crippen LogP contribution < -0.4 is 4.74 Å². The molecule has 0 bridgehead atoms. The van der Waals surface area contributed by atoms with E-state index < -0.39 is 42.1 Å². The average molecular weight is 483 g/mol. The van der Waals surface area contributed by atoms with Crippen LogP contribution in [0.25, 0.3) is 0 Å². The van der Waals surface area contributed by atoms with Crippen LogP contribution in [-0.4, -0.2) is 52.5 Å². The topological polar surface area (TPSA) is 96.3 Å². The Balaban J connectivity index is 2.12. The van der Waals surface area contributed by atoms with Crippen LogP contribution >= 0.6 is 0 Å². The first-order valence-electron chi connectivity index (χ1n) is 10.5. The second-order valence-corrected chi connectivity index (χ2v) is 8.64. The first kappa shape index (κ1) is 27.0. The van der Waals surface area contributed by atoms with Crippen LogP contribution in [0, 0.1) is 0 Å². The van der Waals surface area contributed by atoms with Crippen molar-refractivity contribution in [3.8, 4) is 5.75 Å². The van der Waals surface area contributed by atoms with Gasteiger partial charge in [0.1, 0.15) is 11.4 Å². The van der Waals surface area contributed by atoms with Gasteiger partial charge in [-0.2, -0.15) is 13.2 Å². The van der Waals surface area contributed by atoms with E-state index >= 15 is 0 Å². The zero-order valence-corrected chi connectivity index (χ0v) is 19.1. The van der Waals surface area contributed by atoms with E-state index in [1.807, 2.05) is 0 Å². The monoisotopic (exact) mass is 483 g/mol. The summed E-state index contributed by atoms with van der Waals surface area (Å²) in [5.74, 6) is -0.730. The summed E-state index contributed by atoms with van der Waals surface area (Å²) in [6.07, 6.45) is -6.27. The van der Waals surface area contributed by atoms with Gasteiger partial charge in [0.25, 0.3) is 0 Å². The number of benzene rings is 2. The Morgan fingerprint density at radius 1 is 1.06 bits per heavy atom. The highest BCUT2D eigenvalue weighted by atomic mass is 19.4. The zero-order valence-electron chi connectivity index (χ0n) is 19.1. The van der Waals surface area contributed by atoms with Crippen molar-refractivity contribution in [3.05, 3.63) is 65.2 Å². The number of carbonyl (C=O) groups is 2. The van der Waals surface area contributed by atoms with Gasteiger partial charge in [0.2, 0.25) is 0 Å². The fraction of sp³-hybridized carbons (Fsp3) is 0.417. The number of ether oxygens (including phenoxy) is 2. The molecule has 2 aromatic carbocycles. The fourth-order valence-electron chi connectivity index (χ4n) is 2.98. The van der Waals surface area contributed by atoms with Gasteiger partial charge in [0.05, 0.1) is 18.2 Å². The number of hydrogen-bond donors (Lipinski definition) is 2. The van der Waals surface area contributed by atoms with Crippen molar-refractivity contribution in [1.29, 1.82) is 0 Å². The summed E-state index contributed by atoms with van der Waals surface area (Å²) in [5.41, 5.74) is -0.870. The fourth-order valence-corrected chi connectivity index (χ4v) is 2.98. The largest absolute Gasteiger partial charge is 0.482 e. The highest BCUT2D eigenvalue weighted by molar-refractivity contribution is 5.68. The average Bonchev–Trinajstić information content (AvgIpc) is 2.74. The number of carbonyl (C=O) groups excluding carboxylic acids is 1. The smallest absolute Gasteiger partial charge is 0.416 e. The lowest BCUT2D eigenvalue weighted by atomic mass is 10.0. The molecule has 0 heterocycles. The molecular weight excluding hydrogens is 455 g/mol. The van der Waals surface area contributed by atoms with Crippen molar-refractivity contribution in [2.75, 3.05) is 19.7 Å². The molecule has 1 atom stereocenters. The van der Waals surface area contributed by atoms with Crippen LogP contribution in [-0.2, 0) is 22.1 Å². The number of carboxylic acids is 1. The van der Waals surface area contributed by atoms with Gasteiger partial charge < -0.3 is 24.6 Å². The van der Waals surface area contributed by atoms with Crippen LogP contribution in [0.3, 0.4) is 0 Å². The maximum Gasteiger partial charge on any atom is 0.416 e. The van der Waals surface area contributed by atoms with E-state index in [9.17, 15) is 27.9 Å². The summed E-state index contributed by atoms with van der Waals surface area (Å²) in [6.45, 7) is 4.43. The molecule has 0 aliphatic carbocycles. The standard InChI is InChI=1S/C24H28F3NO6/c1-23(2,3)34-22(32)28(12-11-16-7-9-19(10-8-16)33-15-21(30)31)14-20(29)17-5-4-6-18(13-17)24(25,26)27/h4-10,13,20,29H,11-12,14-15H2,1-3H3,(H,30,31). The molecule has 186 valence electrons. The van der Waals surface area contributed by atoms with Gasteiger partial charge >= 0.3 is 18.2 Å². The first-order valence-corrected chi connectivity index (χ1v) is 10.5. The highest BCUT2D eigenvalue weighted by Crippen LogP contribution is 2.31. The second-order valence-electron chi connectivity index (χ2n) is 8.64. The third-order valence-electron chi connectivity index (χ3n) is 4.60. The molecule has 2 N–H and O–H groups in total. The molecule has 2 rings (SSSR count). The first-order chi connectivity index (χ1) is 15.7. The maximum atomic E-state index is 13.0. The van der Waals surface area contributed by atoms with Crippen molar-refractivity contribution in [2.24, 2.45) is 0 Å². The Morgan fingerprint density at radius 2 is 1.71 bits per heavy atom. The number of halogens is 3. The van der Waals surface area contributed by atoms with Crippen molar-refractivity contribution >= 4 is 12.1 Å². The van der Waals surface area contributed by atoms with E-state index in [4.69, 9.17) is 14.6 Å². The number of aliphatic hydroxyl groups excluding tert-OH is 1. The lowest BCUT2D eigenvalue weighted by molar-refractivity contribution is -0.139. The van der Waals surface area contributed by atoms with Crippen molar-refractivity contribution in [1.82, 2.24) is 4.90 Å². The van der Waals surface area contributed by atoms with Crippen molar-refractivity contribution in [2.45, 2.75) is 45.1 Å². The lowest BCUT2D eigenvalue weighted by Crippen LogP contribution is -2.40. The molecule has 0 saturated heterocycles. The molecule has 0 radical (unpaired) electrons. The minimum atomic E-state index is -4.55. The van der Waals surface area contributed by atoms with Gasteiger partial charge in [-0.15, -0.1) is 0 Å². The number of alkyl halides is 3. The highest BCUT2D eigenvalue weighted by Gasteiger charge is 2.31. The molecule has 0 aromatic heterocycles. The predicted octanol–water partition coefficient (Wildman–Crippen LogP) is 4.68. The molecule has 0 spiro atoms. The molecule has 34 heavy (non-hydrogen) atoms. The summed E-state index contributed by atoms with van der Waals surface area (Å²) in [4.78, 5) is 24.5. The van der Waals surface area contributed by atoms with Crippen LogP contribution in [0.1, 0.15) is 43.6 Å². The van der Waals surface area contributed by atoms with Crippen molar-refractivity contribution in [3.63, 3.8) is 0 Å². The molecular formula is C24H28F3NO6. The van der Waals surface area contributed by atoms with E-state index in [0.29, 0.717) is 12.2 Å². The van der Waals surface area contributed by atoms with Gasteiger partial charge in [0.15, 0.2) is 6.61 Å². The van der Waals surface area contributed by atoms with Gasteiger partial charge in [-0.05, 0) is 62.6 Å². The van der Waals surface area contributed by atoms with E-state index in [-0.39, 0.29) is 18.7 Å². The number of hydrogen-bond acceptors (Lipinski definition) is 5. The summed E-state index contributed by atoms with van der Waals surface area (Å²) in [5, 5.41) is 19.3. The normalized spacial score (nSPS) is 12.7. The minimum Gasteiger partial charge on any atom is -0.482 e. The molecule has 0 saturated carbocycles. The van der Waals surface area contributed by atoms with Gasteiger partial charge in [0, 0.05) is 6.54 Å². The molecule has 1 amide bonds. The third-order valence-corrected chi connectivity index (χ3v) is 4.60. The summed E-state index contributed by atoms with van der Waals surface area (Å²) >= 11 is 0. The predicted molar refractivity (Wildman–Crippen MR) is 117 cm³/mol. The van der Waals surface area contributed by atoms with Gasteiger partial charge in [-0.25, -0.2) is 9.59 Å². The van der Waals surface area contributed by atoms with Gasteiger partial charge in [-0.3, -0.25) is 0 Å². The van der Waals surface area contributed by atoms with Crippen molar-refractivity contribution < 1.29 is 42.4 Å². The van der Waals surface area contributed by atoms with Crippen LogP contribution in [0.4, 0.5) is 18.0 Å².